The lowest BCUT2D eigenvalue weighted by Crippen LogP contribution is -2.29. The van der Waals surface area contributed by atoms with Gasteiger partial charge >= 0.3 is 0 Å². The lowest BCUT2D eigenvalue weighted by molar-refractivity contribution is -0.129. The normalized spacial score (nSPS) is 10.3. The number of benzene rings is 2. The van der Waals surface area contributed by atoms with Gasteiger partial charge in [-0.3, -0.25) is 4.79 Å². The summed E-state index contributed by atoms with van der Waals surface area (Å²) in [6, 6.07) is 15.8. The van der Waals surface area contributed by atoms with Crippen molar-refractivity contribution in [2.45, 2.75) is 19.3 Å². The van der Waals surface area contributed by atoms with Gasteiger partial charge in [0.2, 0.25) is 5.91 Å². The average molecular weight is 327 g/mol. The number of aryl methyl sites for hydroxylation is 1. The molecule has 1 amide bonds. The molecule has 0 spiro atoms. The number of nitrogens with zero attached hydrogens (tertiary/aromatic N) is 1. The highest BCUT2D eigenvalue weighted by molar-refractivity contribution is 5.76. The molecular formula is C20H25NO3. The predicted octanol–water partition coefficient (Wildman–Crippen LogP) is 3.34. The van der Waals surface area contributed by atoms with E-state index in [-0.39, 0.29) is 5.91 Å². The van der Waals surface area contributed by atoms with E-state index in [0.717, 1.165) is 35.5 Å². The molecule has 0 aliphatic carbocycles. The molecule has 4 heteroatoms. The molecular weight excluding hydrogens is 302 g/mol. The second-order valence-corrected chi connectivity index (χ2v) is 5.73. The van der Waals surface area contributed by atoms with E-state index in [0.29, 0.717) is 13.0 Å². The highest BCUT2D eigenvalue weighted by Crippen LogP contribution is 2.18. The molecule has 0 aliphatic heterocycles. The maximum Gasteiger partial charge on any atom is 0.222 e. The zero-order valence-corrected chi connectivity index (χ0v) is 14.6. The van der Waals surface area contributed by atoms with Crippen LogP contribution in [0.4, 0.5) is 0 Å². The monoisotopic (exact) mass is 327 g/mol. The smallest absolute Gasteiger partial charge is 0.222 e. The Morgan fingerprint density at radius 1 is 0.958 bits per heavy atom. The first-order valence-corrected chi connectivity index (χ1v) is 8.13. The molecule has 0 bridgehead atoms. The van der Waals surface area contributed by atoms with E-state index in [9.17, 15) is 4.79 Å². The van der Waals surface area contributed by atoms with Crippen LogP contribution in [0.25, 0.3) is 0 Å². The van der Waals surface area contributed by atoms with E-state index in [1.165, 1.54) is 0 Å². The maximum atomic E-state index is 12.3. The molecule has 24 heavy (non-hydrogen) atoms. The molecule has 0 aliphatic rings. The number of hydrogen-bond donors (Lipinski definition) is 0. The predicted molar refractivity (Wildman–Crippen MR) is 95.7 cm³/mol. The van der Waals surface area contributed by atoms with Gasteiger partial charge in [-0.25, -0.2) is 0 Å². The van der Waals surface area contributed by atoms with Crippen molar-refractivity contribution in [1.29, 1.82) is 0 Å². The highest BCUT2D eigenvalue weighted by Gasteiger charge is 2.10. The summed E-state index contributed by atoms with van der Waals surface area (Å²) < 4.78 is 10.5. The summed E-state index contributed by atoms with van der Waals surface area (Å²) in [7, 11) is 5.17. The van der Waals surface area contributed by atoms with Gasteiger partial charge < -0.3 is 14.4 Å². The number of hydrogen-bond acceptors (Lipinski definition) is 3. The molecule has 128 valence electrons. The van der Waals surface area contributed by atoms with Crippen LogP contribution < -0.4 is 9.47 Å². The molecule has 2 rings (SSSR count). The number of amides is 1. The maximum absolute atomic E-state index is 12.3. The summed E-state index contributed by atoms with van der Waals surface area (Å²) in [6.45, 7) is 0.682. The van der Waals surface area contributed by atoms with Crippen LogP contribution in [-0.2, 0) is 17.6 Å². The Balaban J connectivity index is 1.81. The molecule has 0 radical (unpaired) electrons. The third kappa shape index (κ3) is 5.01. The van der Waals surface area contributed by atoms with Crippen molar-refractivity contribution in [1.82, 2.24) is 4.90 Å². The van der Waals surface area contributed by atoms with E-state index in [1.54, 1.807) is 19.1 Å². The second kappa shape index (κ2) is 8.96. The van der Waals surface area contributed by atoms with Crippen LogP contribution in [0.2, 0.25) is 0 Å². The van der Waals surface area contributed by atoms with E-state index in [1.807, 2.05) is 55.6 Å². The summed E-state index contributed by atoms with van der Waals surface area (Å²) in [4.78, 5) is 14.1. The zero-order valence-electron chi connectivity index (χ0n) is 14.6. The number of likely N-dealkylation sites (N-methyl/N-ethyl adjacent to an activating group) is 1. The lowest BCUT2D eigenvalue weighted by atomic mass is 10.1. The summed E-state index contributed by atoms with van der Waals surface area (Å²) >= 11 is 0. The van der Waals surface area contributed by atoms with Crippen molar-refractivity contribution in [2.24, 2.45) is 0 Å². The van der Waals surface area contributed by atoms with Crippen LogP contribution in [0, 0.1) is 0 Å². The third-order valence-corrected chi connectivity index (χ3v) is 4.12. The van der Waals surface area contributed by atoms with Gasteiger partial charge in [0, 0.05) is 20.0 Å². The van der Waals surface area contributed by atoms with Gasteiger partial charge in [0.1, 0.15) is 11.5 Å². The van der Waals surface area contributed by atoms with Crippen LogP contribution in [0.3, 0.4) is 0 Å². The Morgan fingerprint density at radius 3 is 2.33 bits per heavy atom. The molecule has 0 N–H and O–H groups in total. The lowest BCUT2D eigenvalue weighted by Gasteiger charge is -2.18. The first-order chi connectivity index (χ1) is 11.6. The Bertz CT molecular complexity index is 652. The van der Waals surface area contributed by atoms with Crippen LogP contribution in [0.5, 0.6) is 11.5 Å². The largest absolute Gasteiger partial charge is 0.497 e. The molecule has 2 aromatic carbocycles. The molecule has 0 unspecified atom stereocenters. The number of methoxy groups -OCH3 is 2. The van der Waals surface area contributed by atoms with E-state index >= 15 is 0 Å². The Hall–Kier alpha value is -2.49. The molecule has 0 aromatic heterocycles. The van der Waals surface area contributed by atoms with Crippen LogP contribution in [0.1, 0.15) is 17.5 Å². The summed E-state index contributed by atoms with van der Waals surface area (Å²) in [6.07, 6.45) is 2.03. The van der Waals surface area contributed by atoms with E-state index in [2.05, 4.69) is 0 Å². The van der Waals surface area contributed by atoms with Crippen molar-refractivity contribution < 1.29 is 14.3 Å². The van der Waals surface area contributed by atoms with Crippen LogP contribution in [-0.4, -0.2) is 38.6 Å². The number of carbonyl (C=O) groups excluding carboxylic acids is 1. The van der Waals surface area contributed by atoms with Gasteiger partial charge in [-0.15, -0.1) is 0 Å². The van der Waals surface area contributed by atoms with E-state index < -0.39 is 0 Å². The minimum atomic E-state index is 0.153. The van der Waals surface area contributed by atoms with Gasteiger partial charge in [0.25, 0.3) is 0 Å². The minimum Gasteiger partial charge on any atom is -0.497 e. The summed E-state index contributed by atoms with van der Waals surface area (Å²) in [5.41, 5.74) is 2.26. The number of carbonyl (C=O) groups is 1. The van der Waals surface area contributed by atoms with Crippen LogP contribution in [0.15, 0.2) is 48.5 Å². The topological polar surface area (TPSA) is 38.8 Å². The van der Waals surface area contributed by atoms with Gasteiger partial charge in [-0.05, 0) is 42.2 Å². The number of para-hydroxylation sites is 1. The third-order valence-electron chi connectivity index (χ3n) is 4.12. The molecule has 4 nitrogen and oxygen atoms in total. The van der Waals surface area contributed by atoms with Crippen molar-refractivity contribution in [2.75, 3.05) is 27.8 Å². The molecule has 0 saturated heterocycles. The fraction of sp³-hybridized carbons (Fsp3) is 0.350. The first-order valence-electron chi connectivity index (χ1n) is 8.13. The van der Waals surface area contributed by atoms with Gasteiger partial charge in [0.15, 0.2) is 0 Å². The van der Waals surface area contributed by atoms with Crippen molar-refractivity contribution >= 4 is 5.91 Å². The number of rotatable bonds is 8. The Labute approximate surface area is 144 Å². The first kappa shape index (κ1) is 17.9. The highest BCUT2D eigenvalue weighted by atomic mass is 16.5. The second-order valence-electron chi connectivity index (χ2n) is 5.73. The molecule has 0 fully saturated rings. The van der Waals surface area contributed by atoms with Gasteiger partial charge in [0.05, 0.1) is 14.2 Å². The quantitative estimate of drug-likeness (QED) is 0.746. The SMILES string of the molecule is COc1ccc(CCC(=O)N(C)CCc2ccccc2OC)cc1. The minimum absolute atomic E-state index is 0.153. The summed E-state index contributed by atoms with van der Waals surface area (Å²) in [5, 5.41) is 0. The molecule has 0 atom stereocenters. The number of ether oxygens (including phenoxy) is 2. The molecule has 0 heterocycles. The zero-order chi connectivity index (χ0) is 17.4. The fourth-order valence-corrected chi connectivity index (χ4v) is 2.56. The van der Waals surface area contributed by atoms with E-state index in [4.69, 9.17) is 9.47 Å². The van der Waals surface area contributed by atoms with Gasteiger partial charge in [-0.1, -0.05) is 30.3 Å². The Morgan fingerprint density at radius 2 is 1.67 bits per heavy atom. The fourth-order valence-electron chi connectivity index (χ4n) is 2.56. The Kier molecular flexibility index (Phi) is 6.67. The van der Waals surface area contributed by atoms with Gasteiger partial charge in [-0.2, -0.15) is 0 Å². The van der Waals surface area contributed by atoms with Crippen molar-refractivity contribution in [3.63, 3.8) is 0 Å². The standard InChI is InChI=1S/C20H25NO3/c1-21(15-14-17-6-4-5-7-19(17)24-3)20(22)13-10-16-8-11-18(23-2)12-9-16/h4-9,11-12H,10,13-15H2,1-3H3. The molecule has 0 saturated carbocycles. The van der Waals surface area contributed by atoms with Crippen molar-refractivity contribution in [3.05, 3.63) is 59.7 Å². The molecule has 2 aromatic rings. The summed E-state index contributed by atoms with van der Waals surface area (Å²) in [5.74, 6) is 1.86. The van der Waals surface area contributed by atoms with Crippen molar-refractivity contribution in [3.8, 4) is 11.5 Å². The average Bonchev–Trinajstić information content (AvgIpc) is 2.64. The van der Waals surface area contributed by atoms with Crippen LogP contribution >= 0.6 is 0 Å².